The topological polar surface area (TPSA) is 72.9 Å². The molecule has 1 amide bonds. The van der Waals surface area contributed by atoms with Gasteiger partial charge in [-0.1, -0.05) is 37.4 Å². The number of hydrogen-bond donors (Lipinski definition) is 2. The summed E-state index contributed by atoms with van der Waals surface area (Å²) in [7, 11) is 0. The van der Waals surface area contributed by atoms with Gasteiger partial charge in [0.05, 0.1) is 28.8 Å². The fourth-order valence-electron chi connectivity index (χ4n) is 2.05. The molecule has 1 aromatic carbocycles. The number of halogens is 1. The Balaban J connectivity index is 2.21. The minimum atomic E-state index is -0.514. The normalized spacial score (nSPS) is 12.1. The molecule has 0 aliphatic rings. The van der Waals surface area contributed by atoms with Gasteiger partial charge in [0.1, 0.15) is 0 Å². The Morgan fingerprint density at radius 3 is 3.00 bits per heavy atom. The van der Waals surface area contributed by atoms with Crippen molar-refractivity contribution in [2.75, 3.05) is 5.32 Å². The molecule has 2 aromatic rings. The summed E-state index contributed by atoms with van der Waals surface area (Å²) in [5.74, 6) is -0.202. The van der Waals surface area contributed by atoms with E-state index in [1.165, 1.54) is 0 Å². The maximum absolute atomic E-state index is 12.1. The van der Waals surface area contributed by atoms with E-state index in [4.69, 9.17) is 17.3 Å². The predicted octanol–water partition coefficient (Wildman–Crippen LogP) is 2.98. The number of imidazole rings is 1. The summed E-state index contributed by atoms with van der Waals surface area (Å²) >= 11 is 6.24. The smallest absolute Gasteiger partial charge is 0.241 e. The van der Waals surface area contributed by atoms with E-state index in [0.29, 0.717) is 22.8 Å². The molecule has 0 saturated heterocycles. The Hall–Kier alpha value is -1.85. The van der Waals surface area contributed by atoms with Crippen molar-refractivity contribution in [3.05, 3.63) is 41.9 Å². The molecule has 0 aliphatic carbocycles. The lowest BCUT2D eigenvalue weighted by atomic mass is 10.1. The van der Waals surface area contributed by atoms with Gasteiger partial charge in [-0.25, -0.2) is 4.98 Å². The van der Waals surface area contributed by atoms with E-state index in [1.54, 1.807) is 41.5 Å². The van der Waals surface area contributed by atoms with E-state index < -0.39 is 6.04 Å². The van der Waals surface area contributed by atoms with Gasteiger partial charge in [0.25, 0.3) is 0 Å². The molecule has 6 heteroatoms. The quantitative estimate of drug-likeness (QED) is 0.861. The van der Waals surface area contributed by atoms with Gasteiger partial charge in [-0.05, 0) is 18.6 Å². The van der Waals surface area contributed by atoms with Crippen LogP contribution in [-0.2, 0) is 4.79 Å². The first-order valence-corrected chi connectivity index (χ1v) is 7.34. The standard InChI is InChI=1S/C15H19ClN4O/c1-2-3-6-12(17)15(21)19-13-7-4-5-11(16)14(13)20-9-8-18-10-20/h4-5,7-10,12H,2-3,6,17H2,1H3,(H,19,21)/t12-/m0/s1. The number of anilines is 1. The van der Waals surface area contributed by atoms with Crippen LogP contribution < -0.4 is 11.1 Å². The van der Waals surface area contributed by atoms with Gasteiger partial charge >= 0.3 is 0 Å². The summed E-state index contributed by atoms with van der Waals surface area (Å²) < 4.78 is 1.76. The number of nitrogens with one attached hydrogen (secondary N) is 1. The molecule has 112 valence electrons. The molecule has 1 heterocycles. The first-order chi connectivity index (χ1) is 10.1. The molecular formula is C15H19ClN4O. The molecule has 0 unspecified atom stereocenters. The summed E-state index contributed by atoms with van der Waals surface area (Å²) in [4.78, 5) is 16.1. The lowest BCUT2D eigenvalue weighted by Crippen LogP contribution is -2.35. The third kappa shape index (κ3) is 3.83. The molecule has 0 bridgehead atoms. The Kier molecular flexibility index (Phi) is 5.36. The highest BCUT2D eigenvalue weighted by Gasteiger charge is 2.16. The van der Waals surface area contributed by atoms with Gasteiger partial charge in [0.2, 0.25) is 5.91 Å². The van der Waals surface area contributed by atoms with Crippen molar-refractivity contribution in [2.24, 2.45) is 5.73 Å². The highest BCUT2D eigenvalue weighted by atomic mass is 35.5. The maximum atomic E-state index is 12.1. The first kappa shape index (κ1) is 15.5. The Morgan fingerprint density at radius 1 is 1.52 bits per heavy atom. The first-order valence-electron chi connectivity index (χ1n) is 6.96. The minimum absolute atomic E-state index is 0.202. The SMILES string of the molecule is CCCC[C@H](N)C(=O)Nc1cccc(Cl)c1-n1ccnc1. The zero-order valence-corrected chi connectivity index (χ0v) is 12.7. The zero-order valence-electron chi connectivity index (χ0n) is 11.9. The van der Waals surface area contributed by atoms with Gasteiger partial charge in [-0.15, -0.1) is 0 Å². The van der Waals surface area contributed by atoms with Crippen molar-refractivity contribution in [2.45, 2.75) is 32.2 Å². The van der Waals surface area contributed by atoms with Crippen LogP contribution >= 0.6 is 11.6 Å². The van der Waals surface area contributed by atoms with Gasteiger partial charge in [-0.3, -0.25) is 4.79 Å². The molecule has 5 nitrogen and oxygen atoms in total. The number of unbranched alkanes of at least 4 members (excludes halogenated alkanes) is 1. The molecule has 0 aliphatic heterocycles. The highest BCUT2D eigenvalue weighted by molar-refractivity contribution is 6.33. The van der Waals surface area contributed by atoms with Crippen LogP contribution in [-0.4, -0.2) is 21.5 Å². The second kappa shape index (κ2) is 7.24. The summed E-state index contributed by atoms with van der Waals surface area (Å²) in [5.41, 5.74) is 7.20. The van der Waals surface area contributed by atoms with Crippen LogP contribution in [0, 0.1) is 0 Å². The predicted molar refractivity (Wildman–Crippen MR) is 84.7 cm³/mol. The fraction of sp³-hybridized carbons (Fsp3) is 0.333. The molecule has 21 heavy (non-hydrogen) atoms. The van der Waals surface area contributed by atoms with Crippen molar-refractivity contribution < 1.29 is 4.79 Å². The van der Waals surface area contributed by atoms with Crippen molar-refractivity contribution >= 4 is 23.2 Å². The van der Waals surface area contributed by atoms with Gasteiger partial charge in [0, 0.05) is 12.4 Å². The summed E-state index contributed by atoms with van der Waals surface area (Å²) in [6, 6.07) is 4.84. The number of rotatable bonds is 6. The Morgan fingerprint density at radius 2 is 2.33 bits per heavy atom. The summed E-state index contributed by atoms with van der Waals surface area (Å²) in [5, 5.41) is 3.39. The molecule has 1 atom stereocenters. The van der Waals surface area contributed by atoms with Crippen LogP contribution in [0.25, 0.3) is 5.69 Å². The van der Waals surface area contributed by atoms with E-state index >= 15 is 0 Å². The van der Waals surface area contributed by atoms with Gasteiger partial charge in [0.15, 0.2) is 0 Å². The highest BCUT2D eigenvalue weighted by Crippen LogP contribution is 2.28. The van der Waals surface area contributed by atoms with E-state index in [1.807, 2.05) is 0 Å². The third-order valence-corrected chi connectivity index (χ3v) is 3.52. The van der Waals surface area contributed by atoms with Crippen LogP contribution in [0.4, 0.5) is 5.69 Å². The molecule has 1 aromatic heterocycles. The van der Waals surface area contributed by atoms with Crippen LogP contribution in [0.2, 0.25) is 5.02 Å². The lowest BCUT2D eigenvalue weighted by Gasteiger charge is -2.16. The number of benzene rings is 1. The number of para-hydroxylation sites is 1. The lowest BCUT2D eigenvalue weighted by molar-refractivity contribution is -0.117. The van der Waals surface area contributed by atoms with E-state index in [-0.39, 0.29) is 5.91 Å². The Bertz CT molecular complexity index is 598. The number of nitrogens with zero attached hydrogens (tertiary/aromatic N) is 2. The third-order valence-electron chi connectivity index (χ3n) is 3.21. The van der Waals surface area contributed by atoms with Crippen LogP contribution in [0.5, 0.6) is 0 Å². The zero-order chi connectivity index (χ0) is 15.2. The summed E-state index contributed by atoms with van der Waals surface area (Å²) in [6.45, 7) is 2.07. The minimum Gasteiger partial charge on any atom is -0.323 e. The van der Waals surface area contributed by atoms with Crippen molar-refractivity contribution in [3.8, 4) is 5.69 Å². The van der Waals surface area contributed by atoms with Crippen LogP contribution in [0.15, 0.2) is 36.9 Å². The number of carbonyl (C=O) groups excluding carboxylic acids is 1. The Labute approximate surface area is 129 Å². The molecule has 3 N–H and O–H groups in total. The largest absolute Gasteiger partial charge is 0.323 e. The summed E-state index contributed by atoms with van der Waals surface area (Å²) in [6.07, 6.45) is 7.67. The molecule has 0 radical (unpaired) electrons. The van der Waals surface area contributed by atoms with E-state index in [2.05, 4.69) is 17.2 Å². The van der Waals surface area contributed by atoms with Gasteiger partial charge in [-0.2, -0.15) is 0 Å². The number of amides is 1. The number of nitrogens with two attached hydrogens (primary N) is 1. The van der Waals surface area contributed by atoms with Crippen molar-refractivity contribution in [1.82, 2.24) is 9.55 Å². The molecule has 0 saturated carbocycles. The molecule has 0 fully saturated rings. The van der Waals surface area contributed by atoms with Crippen LogP contribution in [0.3, 0.4) is 0 Å². The van der Waals surface area contributed by atoms with Crippen molar-refractivity contribution in [3.63, 3.8) is 0 Å². The number of hydrogen-bond acceptors (Lipinski definition) is 3. The van der Waals surface area contributed by atoms with Crippen molar-refractivity contribution in [1.29, 1.82) is 0 Å². The monoisotopic (exact) mass is 306 g/mol. The molecule has 2 rings (SSSR count). The van der Waals surface area contributed by atoms with E-state index in [0.717, 1.165) is 12.8 Å². The molecular weight excluding hydrogens is 288 g/mol. The average Bonchev–Trinajstić information content (AvgIpc) is 2.98. The number of carbonyl (C=O) groups is 1. The van der Waals surface area contributed by atoms with E-state index in [9.17, 15) is 4.79 Å². The second-order valence-corrected chi connectivity index (χ2v) is 5.25. The fourth-order valence-corrected chi connectivity index (χ4v) is 2.32. The maximum Gasteiger partial charge on any atom is 0.241 e. The molecule has 0 spiro atoms. The average molecular weight is 307 g/mol. The van der Waals surface area contributed by atoms with Crippen LogP contribution in [0.1, 0.15) is 26.2 Å². The van der Waals surface area contributed by atoms with Gasteiger partial charge < -0.3 is 15.6 Å². The number of aromatic nitrogens is 2. The second-order valence-electron chi connectivity index (χ2n) is 4.84.